The van der Waals surface area contributed by atoms with Crippen LogP contribution in [0.15, 0.2) is 30.5 Å². The molecule has 0 saturated carbocycles. The minimum absolute atomic E-state index is 0. The maximum absolute atomic E-state index is 7.29. The zero-order valence-corrected chi connectivity index (χ0v) is 8.91. The Kier molecular flexibility index (Phi) is 4.47. The Morgan fingerprint density at radius 2 is 1.86 bits per heavy atom. The maximum atomic E-state index is 7.29. The van der Waals surface area contributed by atoms with Crippen molar-refractivity contribution in [2.24, 2.45) is 5.73 Å². The normalized spacial score (nSPS) is 8.86. The molecule has 0 aliphatic heterocycles. The largest absolute Gasteiger partial charge is 0.384 e. The van der Waals surface area contributed by atoms with Gasteiger partial charge in [-0.2, -0.15) is 0 Å². The molecule has 0 unspecified atom stereocenters. The Bertz CT molecular complexity index is 436. The van der Waals surface area contributed by atoms with E-state index in [1.54, 1.807) is 6.20 Å². The number of hydrogen-bond acceptors (Lipinski definition) is 1. The number of H-pyrrole nitrogens is 1. The van der Waals surface area contributed by atoms with Gasteiger partial charge in [-0.3, -0.25) is 5.41 Å². The average Bonchev–Trinajstić information content (AvgIpc) is 2.47. The molecule has 4 N–H and O–H groups in total. The molecule has 1 heterocycles. The Morgan fingerprint density at radius 3 is 2.50 bits per heavy atom. The van der Waals surface area contributed by atoms with Crippen molar-refractivity contribution in [2.75, 3.05) is 0 Å². The summed E-state index contributed by atoms with van der Waals surface area (Å²) in [7, 11) is 0. The molecule has 2 aromatic rings. The van der Waals surface area contributed by atoms with Crippen LogP contribution in [0.25, 0.3) is 10.9 Å². The first-order valence-corrected chi connectivity index (χ1v) is 3.69. The minimum atomic E-state index is 0. The standard InChI is InChI=1S/C9H9N3.2ClH/c10-9(11)7-5-12-8-4-2-1-3-6(7)8;;/h1-5,12H,(H3,10,11);2*1H. The van der Waals surface area contributed by atoms with Crippen LogP contribution in [0, 0.1) is 5.41 Å². The molecule has 0 bridgehead atoms. The van der Waals surface area contributed by atoms with Crippen molar-refractivity contribution >= 4 is 41.6 Å². The predicted octanol–water partition coefficient (Wildman–Crippen LogP) is 2.30. The highest BCUT2D eigenvalue weighted by Gasteiger charge is 2.03. The third-order valence-corrected chi connectivity index (χ3v) is 1.88. The van der Waals surface area contributed by atoms with Gasteiger partial charge >= 0.3 is 0 Å². The highest BCUT2D eigenvalue weighted by atomic mass is 35.5. The number of aromatic nitrogens is 1. The Hall–Kier alpha value is -1.19. The zero-order valence-electron chi connectivity index (χ0n) is 7.28. The van der Waals surface area contributed by atoms with Crippen LogP contribution in [0.3, 0.4) is 0 Å². The van der Waals surface area contributed by atoms with E-state index in [-0.39, 0.29) is 30.6 Å². The molecule has 0 spiro atoms. The predicted molar refractivity (Wildman–Crippen MR) is 63.8 cm³/mol. The topological polar surface area (TPSA) is 65.7 Å². The number of amidine groups is 1. The van der Waals surface area contributed by atoms with Crippen molar-refractivity contribution in [2.45, 2.75) is 0 Å². The smallest absolute Gasteiger partial charge is 0.124 e. The molecule has 0 saturated heterocycles. The molecule has 5 heteroatoms. The van der Waals surface area contributed by atoms with Gasteiger partial charge in [-0.25, -0.2) is 0 Å². The summed E-state index contributed by atoms with van der Waals surface area (Å²) in [5.41, 5.74) is 7.17. The lowest BCUT2D eigenvalue weighted by molar-refractivity contribution is 1.41. The molecule has 0 atom stereocenters. The van der Waals surface area contributed by atoms with Crippen molar-refractivity contribution in [3.8, 4) is 0 Å². The minimum Gasteiger partial charge on any atom is -0.384 e. The molecule has 0 aliphatic carbocycles. The van der Waals surface area contributed by atoms with E-state index in [1.165, 1.54) is 0 Å². The van der Waals surface area contributed by atoms with Gasteiger partial charge in [-0.15, -0.1) is 24.8 Å². The SMILES string of the molecule is Cl.Cl.N=C(N)c1c[nH]c2ccccc12. The molecular weight excluding hydrogens is 221 g/mol. The summed E-state index contributed by atoms with van der Waals surface area (Å²) >= 11 is 0. The zero-order chi connectivity index (χ0) is 8.55. The lowest BCUT2D eigenvalue weighted by Crippen LogP contribution is -2.09. The summed E-state index contributed by atoms with van der Waals surface area (Å²) in [5, 5.41) is 8.30. The quantitative estimate of drug-likeness (QED) is 0.512. The van der Waals surface area contributed by atoms with Gasteiger partial charge in [0.2, 0.25) is 0 Å². The fourth-order valence-corrected chi connectivity index (χ4v) is 1.29. The lowest BCUT2D eigenvalue weighted by atomic mass is 10.2. The summed E-state index contributed by atoms with van der Waals surface area (Å²) in [4.78, 5) is 3.05. The summed E-state index contributed by atoms with van der Waals surface area (Å²) in [6.45, 7) is 0. The van der Waals surface area contributed by atoms with E-state index in [0.29, 0.717) is 0 Å². The molecule has 2 rings (SSSR count). The Labute approximate surface area is 94.0 Å². The van der Waals surface area contributed by atoms with E-state index in [4.69, 9.17) is 11.1 Å². The van der Waals surface area contributed by atoms with E-state index in [2.05, 4.69) is 4.98 Å². The summed E-state index contributed by atoms with van der Waals surface area (Å²) in [6.07, 6.45) is 1.76. The van der Waals surface area contributed by atoms with E-state index in [0.717, 1.165) is 16.5 Å². The van der Waals surface area contributed by atoms with E-state index in [1.807, 2.05) is 24.3 Å². The van der Waals surface area contributed by atoms with Crippen LogP contribution >= 0.6 is 24.8 Å². The molecule has 14 heavy (non-hydrogen) atoms. The number of nitrogens with one attached hydrogen (secondary N) is 2. The summed E-state index contributed by atoms with van der Waals surface area (Å²) < 4.78 is 0. The van der Waals surface area contributed by atoms with Crippen molar-refractivity contribution in [3.63, 3.8) is 0 Å². The number of benzene rings is 1. The number of nitrogen functional groups attached to an aromatic ring is 1. The summed E-state index contributed by atoms with van der Waals surface area (Å²) in [5.74, 6) is 0.104. The van der Waals surface area contributed by atoms with Crippen molar-refractivity contribution in [1.82, 2.24) is 4.98 Å². The van der Waals surface area contributed by atoms with Gasteiger partial charge in [-0.05, 0) is 6.07 Å². The second-order valence-corrected chi connectivity index (χ2v) is 2.66. The van der Waals surface area contributed by atoms with E-state index in [9.17, 15) is 0 Å². The second-order valence-electron chi connectivity index (χ2n) is 2.66. The fourth-order valence-electron chi connectivity index (χ4n) is 1.29. The number of hydrogen-bond donors (Lipinski definition) is 3. The van der Waals surface area contributed by atoms with Crippen LogP contribution in [-0.2, 0) is 0 Å². The van der Waals surface area contributed by atoms with Crippen LogP contribution in [0.2, 0.25) is 0 Å². The first kappa shape index (κ1) is 12.8. The molecule has 0 fully saturated rings. The molecule has 1 aromatic carbocycles. The first-order valence-electron chi connectivity index (χ1n) is 3.69. The number of nitrogens with two attached hydrogens (primary N) is 1. The first-order chi connectivity index (χ1) is 5.79. The van der Waals surface area contributed by atoms with Gasteiger partial charge < -0.3 is 10.7 Å². The average molecular weight is 232 g/mol. The molecule has 0 amide bonds. The maximum Gasteiger partial charge on any atom is 0.124 e. The van der Waals surface area contributed by atoms with Gasteiger partial charge in [0.25, 0.3) is 0 Å². The number of rotatable bonds is 1. The number of fused-ring (bicyclic) bond motifs is 1. The summed E-state index contributed by atoms with van der Waals surface area (Å²) in [6, 6.07) is 7.79. The Balaban J connectivity index is 0.000000845. The lowest BCUT2D eigenvalue weighted by Gasteiger charge is -1.92. The number of aromatic amines is 1. The van der Waals surface area contributed by atoms with Gasteiger partial charge in [0, 0.05) is 22.7 Å². The third kappa shape index (κ3) is 2.00. The second kappa shape index (κ2) is 4.88. The molecule has 0 aliphatic rings. The monoisotopic (exact) mass is 231 g/mol. The van der Waals surface area contributed by atoms with Crippen molar-refractivity contribution in [1.29, 1.82) is 5.41 Å². The van der Waals surface area contributed by atoms with E-state index < -0.39 is 0 Å². The van der Waals surface area contributed by atoms with Gasteiger partial charge in [0.15, 0.2) is 0 Å². The van der Waals surface area contributed by atoms with Gasteiger partial charge in [0.1, 0.15) is 5.84 Å². The highest BCUT2D eigenvalue weighted by molar-refractivity contribution is 6.07. The van der Waals surface area contributed by atoms with Crippen LogP contribution in [-0.4, -0.2) is 10.8 Å². The van der Waals surface area contributed by atoms with Crippen molar-refractivity contribution < 1.29 is 0 Å². The molecule has 3 nitrogen and oxygen atoms in total. The third-order valence-electron chi connectivity index (χ3n) is 1.88. The fraction of sp³-hybridized carbons (Fsp3) is 0. The van der Waals surface area contributed by atoms with Crippen LogP contribution in [0.4, 0.5) is 0 Å². The molecule has 76 valence electrons. The van der Waals surface area contributed by atoms with Crippen LogP contribution < -0.4 is 5.73 Å². The van der Waals surface area contributed by atoms with Gasteiger partial charge in [0.05, 0.1) is 0 Å². The van der Waals surface area contributed by atoms with Crippen LogP contribution in [0.1, 0.15) is 5.56 Å². The number of halogens is 2. The number of para-hydroxylation sites is 1. The highest BCUT2D eigenvalue weighted by Crippen LogP contribution is 2.16. The molecule has 0 radical (unpaired) electrons. The van der Waals surface area contributed by atoms with Gasteiger partial charge in [-0.1, -0.05) is 18.2 Å². The Morgan fingerprint density at radius 1 is 1.21 bits per heavy atom. The molecular formula is C9H11Cl2N3. The molecule has 1 aromatic heterocycles. The van der Waals surface area contributed by atoms with Crippen LogP contribution in [0.5, 0.6) is 0 Å². The van der Waals surface area contributed by atoms with E-state index >= 15 is 0 Å². The van der Waals surface area contributed by atoms with Crippen molar-refractivity contribution in [3.05, 3.63) is 36.0 Å².